The highest BCUT2D eigenvalue weighted by Gasteiger charge is 2.74. The lowest BCUT2D eigenvalue weighted by atomic mass is 9.33. The Kier molecular flexibility index (Phi) is 29.6. The largest absolute Gasteiger partial charge is 0.457 e. The van der Waals surface area contributed by atoms with Gasteiger partial charge in [0.1, 0.15) is 170 Å². The van der Waals surface area contributed by atoms with E-state index in [2.05, 4.69) is 26.8 Å². The van der Waals surface area contributed by atoms with E-state index in [-0.39, 0.29) is 25.2 Å². The van der Waals surface area contributed by atoms with Crippen molar-refractivity contribution in [1.82, 2.24) is 0 Å². The summed E-state index contributed by atoms with van der Waals surface area (Å²) in [5.41, 5.74) is -7.45. The summed E-state index contributed by atoms with van der Waals surface area (Å²) >= 11 is 0. The maximum absolute atomic E-state index is 16.6. The van der Waals surface area contributed by atoms with Crippen molar-refractivity contribution in [1.29, 1.82) is 0 Å². The summed E-state index contributed by atoms with van der Waals surface area (Å²) in [6, 6.07) is 0. The van der Waals surface area contributed by atoms with Crippen molar-refractivity contribution in [3.8, 4) is 0 Å². The molecule has 50 atom stereocenters. The smallest absolute Gasteiger partial charge is 0.317 e. The first-order chi connectivity index (χ1) is 59.2. The standard InChI is InChI=1S/C82H130O44/c1-29-44(92)48(96)52(100)68(112-29)123-62-58(115-32(4)87)31(3)114-73(64(62)125-71-56(104)61(122-69-53(101)49(97)46(94)38(21-83)116-69)57(30(2)113-71)119-67-55(103)59(36(89)24-109-67)120-74-65(105)81(107,27-86)28-111-74)126-75(106)82-18-17-76(5,6)19-34(82)33-11-12-41-77(7)15-14-43(78(8,26-85)40(77)13-16-79(41,9)80(33,10)20-42(82)91)118-72-63(124-70-54(102)50(98)47(95)39(22-84)117-70)60(37(90)25-110-72)121-66-51(99)45(93)35(88)23-108-66/h11,26,29-31,34-74,83-84,86,88-105,107H,12-25,27-28H2,1-10H3/t29?,30?,31?,34?,35-,36-,37-,38?,39?,40-,41?,42-,43+,44+,45+,46-,47+,48?,49?,50+,51?,52+,53-,54?,55-,56?,57+,58+,59?,60+,61+,62?,63?,64-,65?,66+,67+,68+,69+,70+,71+,72+,73+,74+,77?,78?,79?,80?,81+,82-/m1/s1. The van der Waals surface area contributed by atoms with E-state index in [0.29, 0.717) is 38.5 Å². The van der Waals surface area contributed by atoms with Gasteiger partial charge in [-0.2, -0.15) is 0 Å². The van der Waals surface area contributed by atoms with Gasteiger partial charge in [0.2, 0.25) is 6.29 Å². The van der Waals surface area contributed by atoms with E-state index in [1.54, 1.807) is 6.92 Å². The van der Waals surface area contributed by atoms with Crippen LogP contribution in [0.5, 0.6) is 0 Å². The zero-order chi connectivity index (χ0) is 91.8. The first kappa shape index (κ1) is 98.8. The van der Waals surface area contributed by atoms with Crippen LogP contribution < -0.4 is 0 Å². The Morgan fingerprint density at radius 2 is 0.937 bits per heavy atom. The molecule has 4 saturated carbocycles. The fraction of sp³-hybridized carbons (Fsp3) is 0.939. The molecule has 22 N–H and O–H groups in total. The van der Waals surface area contributed by atoms with Crippen molar-refractivity contribution < 1.29 is 217 Å². The molecular formula is C82H130O44. The average molecular weight is 1820 g/mol. The molecule has 9 saturated heterocycles. The Morgan fingerprint density at radius 3 is 1.53 bits per heavy atom. The van der Waals surface area contributed by atoms with E-state index in [0.717, 1.165) is 18.8 Å². The third-order valence-corrected chi connectivity index (χ3v) is 30.7. The Bertz CT molecular complexity index is 3740. The molecule has 0 bridgehead atoms. The molecule has 0 aromatic heterocycles. The van der Waals surface area contributed by atoms with E-state index in [1.165, 1.54) is 20.8 Å². The van der Waals surface area contributed by atoms with Gasteiger partial charge in [-0.1, -0.05) is 53.2 Å². The monoisotopic (exact) mass is 1820 g/mol. The number of aliphatic hydroxyl groups excluding tert-OH is 21. The quantitative estimate of drug-likeness (QED) is 0.0195. The number of aldehydes is 1. The minimum atomic E-state index is -2.34. The molecule has 0 spiro atoms. The normalized spacial score (nSPS) is 54.6. The molecule has 9 heterocycles. The highest BCUT2D eigenvalue weighted by molar-refractivity contribution is 5.80. The predicted molar refractivity (Wildman–Crippen MR) is 409 cm³/mol. The van der Waals surface area contributed by atoms with Crippen molar-refractivity contribution in [3.63, 3.8) is 0 Å². The van der Waals surface area contributed by atoms with Crippen molar-refractivity contribution in [2.24, 2.45) is 50.2 Å². The van der Waals surface area contributed by atoms with Crippen LogP contribution in [0.4, 0.5) is 0 Å². The van der Waals surface area contributed by atoms with E-state index in [4.69, 9.17) is 90.0 Å². The zero-order valence-corrected chi connectivity index (χ0v) is 71.7. The van der Waals surface area contributed by atoms with E-state index >= 15 is 4.79 Å². The lowest BCUT2D eigenvalue weighted by Gasteiger charge is -2.71. The molecule has 20 unspecified atom stereocenters. The number of carbonyl (C=O) groups excluding carboxylic acids is 3. The summed E-state index contributed by atoms with van der Waals surface area (Å²) < 4.78 is 117. The van der Waals surface area contributed by atoms with Crippen LogP contribution in [0.1, 0.15) is 127 Å². The Labute approximate surface area is 725 Å². The van der Waals surface area contributed by atoms with Gasteiger partial charge in [-0.25, -0.2) is 0 Å². The molecule has 14 rings (SSSR count). The summed E-state index contributed by atoms with van der Waals surface area (Å²) in [5.74, 6) is -3.51. The molecule has 44 nitrogen and oxygen atoms in total. The average Bonchev–Trinajstić information content (AvgIpc) is 0.781. The number of hydrogen-bond acceptors (Lipinski definition) is 44. The van der Waals surface area contributed by atoms with Crippen LogP contribution in [0.3, 0.4) is 0 Å². The second kappa shape index (κ2) is 37.8. The number of allylic oxidation sites excluding steroid dienone is 2. The lowest BCUT2D eigenvalue weighted by molar-refractivity contribution is -0.404. The van der Waals surface area contributed by atoms with Gasteiger partial charge in [-0.15, -0.1) is 0 Å². The van der Waals surface area contributed by atoms with Crippen LogP contribution in [0, 0.1) is 50.2 Å². The van der Waals surface area contributed by atoms with Crippen molar-refractivity contribution >= 4 is 18.2 Å². The molecule has 44 heteroatoms. The van der Waals surface area contributed by atoms with Crippen molar-refractivity contribution in [3.05, 3.63) is 11.6 Å². The van der Waals surface area contributed by atoms with Crippen molar-refractivity contribution in [2.45, 2.75) is 385 Å². The Hall–Kier alpha value is -3.21. The molecule has 722 valence electrons. The van der Waals surface area contributed by atoms with Gasteiger partial charge in [0.05, 0.1) is 82.2 Å². The number of carbonyl (C=O) groups is 3. The van der Waals surface area contributed by atoms with Gasteiger partial charge < -0.3 is 207 Å². The fourth-order valence-corrected chi connectivity index (χ4v) is 23.0. The molecule has 0 aromatic carbocycles. The molecule has 13 fully saturated rings. The Balaban J connectivity index is 0.772. The second-order valence-corrected chi connectivity index (χ2v) is 39.0. The predicted octanol–water partition coefficient (Wildman–Crippen LogP) is -8.55. The highest BCUT2D eigenvalue weighted by Crippen LogP contribution is 2.76. The summed E-state index contributed by atoms with van der Waals surface area (Å²) in [4.78, 5) is 44.4. The number of hydrogen-bond donors (Lipinski definition) is 22. The minimum Gasteiger partial charge on any atom is -0.457 e. The number of aliphatic hydroxyl groups is 22. The van der Waals surface area contributed by atoms with Gasteiger partial charge in [0.15, 0.2) is 62.5 Å². The number of esters is 2. The van der Waals surface area contributed by atoms with Crippen LogP contribution in [0.2, 0.25) is 0 Å². The van der Waals surface area contributed by atoms with Crippen LogP contribution in [-0.4, -0.2) is 434 Å². The molecule has 14 aliphatic rings. The van der Waals surface area contributed by atoms with Crippen LogP contribution in [0.25, 0.3) is 0 Å². The Morgan fingerprint density at radius 1 is 0.444 bits per heavy atom. The van der Waals surface area contributed by atoms with E-state index in [9.17, 15) is 122 Å². The van der Waals surface area contributed by atoms with Crippen molar-refractivity contribution in [2.75, 3.05) is 46.2 Å². The second-order valence-electron chi connectivity index (χ2n) is 39.0. The minimum absolute atomic E-state index is 0.00455. The zero-order valence-electron chi connectivity index (χ0n) is 71.7. The fourth-order valence-electron chi connectivity index (χ4n) is 23.0. The van der Waals surface area contributed by atoms with Gasteiger partial charge in [-0.3, -0.25) is 9.59 Å². The van der Waals surface area contributed by atoms with Gasteiger partial charge in [-0.05, 0) is 118 Å². The summed E-state index contributed by atoms with van der Waals surface area (Å²) in [5, 5.41) is 246. The lowest BCUT2D eigenvalue weighted by Crippen LogP contribution is -2.69. The first-order valence-corrected chi connectivity index (χ1v) is 43.5. The maximum atomic E-state index is 16.6. The first-order valence-electron chi connectivity index (χ1n) is 43.5. The number of ether oxygens (including phenoxy) is 19. The molecular weight excluding hydrogens is 1690 g/mol. The van der Waals surface area contributed by atoms with Crippen LogP contribution in [0.15, 0.2) is 11.6 Å². The highest BCUT2D eigenvalue weighted by atomic mass is 16.8. The molecule has 9 aliphatic heterocycles. The number of fused-ring (bicyclic) bond motifs is 7. The van der Waals surface area contributed by atoms with E-state index in [1.807, 2.05) is 13.8 Å². The maximum Gasteiger partial charge on any atom is 0.317 e. The summed E-state index contributed by atoms with van der Waals surface area (Å²) in [6.45, 7) is 12.2. The van der Waals surface area contributed by atoms with Gasteiger partial charge in [0.25, 0.3) is 0 Å². The molecule has 0 amide bonds. The van der Waals surface area contributed by atoms with Crippen LogP contribution >= 0.6 is 0 Å². The molecule has 126 heavy (non-hydrogen) atoms. The summed E-state index contributed by atoms with van der Waals surface area (Å²) in [7, 11) is 0. The van der Waals surface area contributed by atoms with Gasteiger partial charge >= 0.3 is 11.9 Å². The molecule has 0 aromatic rings. The topological polar surface area (TPSA) is 672 Å². The molecule has 0 radical (unpaired) electrons. The SMILES string of the molecule is CC(=O)O[C@H]1C(C)O[C@@H](OC(=O)[C@]23CCC(C)(C)CC2C2=CCC4C5(C)CC[C@H](O[C@@H]6OC[C@@H](O)[C@H](O[C@@H]7OC[C@@H](O)[C@H](O)C7O)C6O[C@@H]6OC(CO)[C@H](O)[C@H](O)C6O)C(C)(C=O)[C@@H]5CCC4(C)C2(C)C[C@H]3O)[C@H](O[C@@H]2OC(C)[C@H](O[C@@H]3OC[C@@H](O)C(O[C@@H]4OC[C@@](O)(CO)C4O)[C@H]3O)[C@@H](O[C@@H]3OC(CO)[C@@H](O)C(O)[C@H]3O)C2O)C1O[C@@H]1OC(C)[C@H](O)C(O)[C@@H]1O. The van der Waals surface area contributed by atoms with Gasteiger partial charge in [0, 0.05) is 6.92 Å². The van der Waals surface area contributed by atoms with E-state index < -0.39 is 360 Å². The van der Waals surface area contributed by atoms with Crippen LogP contribution in [-0.2, 0) is 104 Å². The summed E-state index contributed by atoms with van der Waals surface area (Å²) in [6.07, 6.45) is -69.0. The third-order valence-electron chi connectivity index (χ3n) is 30.7. The number of rotatable bonds is 23. The third kappa shape index (κ3) is 17.5. The molecule has 5 aliphatic carbocycles.